The first-order valence-corrected chi connectivity index (χ1v) is 6.72. The average Bonchev–Trinajstić information content (AvgIpc) is 2.41. The van der Waals surface area contributed by atoms with Gasteiger partial charge >= 0.3 is 0 Å². The SMILES string of the molecule is CCC(=O)CCCN1C(=O)CCc2ccc(F)cc21. The lowest BCUT2D eigenvalue weighted by Gasteiger charge is -2.29. The lowest BCUT2D eigenvalue weighted by Crippen LogP contribution is -2.36. The van der Waals surface area contributed by atoms with Crippen LogP contribution in [0.5, 0.6) is 0 Å². The lowest BCUT2D eigenvalue weighted by atomic mass is 10.0. The molecule has 0 fully saturated rings. The largest absolute Gasteiger partial charge is 0.312 e. The summed E-state index contributed by atoms with van der Waals surface area (Å²) in [6.45, 7) is 2.32. The van der Waals surface area contributed by atoms with E-state index in [1.807, 2.05) is 6.92 Å². The summed E-state index contributed by atoms with van der Waals surface area (Å²) in [4.78, 5) is 24.8. The second kappa shape index (κ2) is 5.95. The third-order valence-electron chi connectivity index (χ3n) is 3.48. The standard InChI is InChI=1S/C15H18FNO2/c1-2-13(18)4-3-9-17-14-10-12(16)7-5-11(14)6-8-15(17)19/h5,7,10H,2-4,6,8-9H2,1H3. The van der Waals surface area contributed by atoms with Crippen LogP contribution in [0.1, 0.15) is 38.2 Å². The van der Waals surface area contributed by atoms with Crippen LogP contribution in [0.25, 0.3) is 0 Å². The van der Waals surface area contributed by atoms with Crippen molar-refractivity contribution < 1.29 is 14.0 Å². The number of ketones is 1. The molecule has 1 amide bonds. The normalized spacial score (nSPS) is 14.4. The fraction of sp³-hybridized carbons (Fsp3) is 0.467. The average molecular weight is 263 g/mol. The molecule has 102 valence electrons. The van der Waals surface area contributed by atoms with E-state index in [0.717, 1.165) is 5.56 Å². The first kappa shape index (κ1) is 13.7. The summed E-state index contributed by atoms with van der Waals surface area (Å²) >= 11 is 0. The van der Waals surface area contributed by atoms with E-state index in [9.17, 15) is 14.0 Å². The molecule has 1 aromatic rings. The molecule has 0 radical (unpaired) electrons. The van der Waals surface area contributed by atoms with Gasteiger partial charge in [0.2, 0.25) is 5.91 Å². The highest BCUT2D eigenvalue weighted by Gasteiger charge is 2.24. The Morgan fingerprint density at radius 2 is 2.16 bits per heavy atom. The molecule has 2 rings (SSSR count). The van der Waals surface area contributed by atoms with Crippen molar-refractivity contribution in [1.82, 2.24) is 0 Å². The quantitative estimate of drug-likeness (QED) is 0.819. The van der Waals surface area contributed by atoms with Crippen LogP contribution in [-0.2, 0) is 16.0 Å². The maximum atomic E-state index is 13.3. The number of hydrogen-bond acceptors (Lipinski definition) is 2. The first-order chi connectivity index (χ1) is 9.11. The van der Waals surface area contributed by atoms with E-state index in [1.54, 1.807) is 11.0 Å². The van der Waals surface area contributed by atoms with Gasteiger partial charge < -0.3 is 4.90 Å². The zero-order valence-corrected chi connectivity index (χ0v) is 11.1. The van der Waals surface area contributed by atoms with Crippen molar-refractivity contribution in [2.75, 3.05) is 11.4 Å². The fourth-order valence-corrected chi connectivity index (χ4v) is 2.37. The zero-order chi connectivity index (χ0) is 13.8. The van der Waals surface area contributed by atoms with Crippen LogP contribution < -0.4 is 4.90 Å². The maximum absolute atomic E-state index is 13.3. The number of rotatable bonds is 5. The van der Waals surface area contributed by atoms with E-state index < -0.39 is 0 Å². The number of nitrogens with zero attached hydrogens (tertiary/aromatic N) is 1. The minimum Gasteiger partial charge on any atom is -0.312 e. The van der Waals surface area contributed by atoms with E-state index in [1.165, 1.54) is 12.1 Å². The van der Waals surface area contributed by atoms with E-state index in [0.29, 0.717) is 44.3 Å². The molecule has 19 heavy (non-hydrogen) atoms. The van der Waals surface area contributed by atoms with Crippen LogP contribution in [0.15, 0.2) is 18.2 Å². The number of carbonyl (C=O) groups is 2. The van der Waals surface area contributed by atoms with Crippen molar-refractivity contribution in [3.63, 3.8) is 0 Å². The third kappa shape index (κ3) is 3.19. The van der Waals surface area contributed by atoms with Crippen molar-refractivity contribution in [3.05, 3.63) is 29.6 Å². The number of amides is 1. The molecule has 0 N–H and O–H groups in total. The number of fused-ring (bicyclic) bond motifs is 1. The Morgan fingerprint density at radius 1 is 1.37 bits per heavy atom. The highest BCUT2D eigenvalue weighted by molar-refractivity contribution is 5.96. The molecular formula is C15H18FNO2. The molecule has 1 aliphatic heterocycles. The summed E-state index contributed by atoms with van der Waals surface area (Å²) in [5.41, 5.74) is 1.67. The molecule has 0 saturated heterocycles. The van der Waals surface area contributed by atoms with E-state index >= 15 is 0 Å². The summed E-state index contributed by atoms with van der Waals surface area (Å²) in [6, 6.07) is 4.57. The summed E-state index contributed by atoms with van der Waals surface area (Å²) in [7, 11) is 0. The van der Waals surface area contributed by atoms with Gasteiger partial charge in [-0.3, -0.25) is 9.59 Å². The number of anilines is 1. The van der Waals surface area contributed by atoms with Gasteiger partial charge in [-0.15, -0.1) is 0 Å². The van der Waals surface area contributed by atoms with Crippen LogP contribution in [0.4, 0.5) is 10.1 Å². The molecule has 0 spiro atoms. The molecule has 0 bridgehead atoms. The second-order valence-electron chi connectivity index (χ2n) is 4.81. The smallest absolute Gasteiger partial charge is 0.227 e. The maximum Gasteiger partial charge on any atom is 0.227 e. The molecule has 0 saturated carbocycles. The van der Waals surface area contributed by atoms with Gasteiger partial charge in [-0.05, 0) is 30.5 Å². The Kier molecular flexibility index (Phi) is 4.30. The Balaban J connectivity index is 2.09. The predicted octanol–water partition coefficient (Wildman–Crippen LogP) is 2.86. The fourth-order valence-electron chi connectivity index (χ4n) is 2.37. The van der Waals surface area contributed by atoms with Crippen molar-refractivity contribution in [2.24, 2.45) is 0 Å². The number of benzene rings is 1. The second-order valence-corrected chi connectivity index (χ2v) is 4.81. The van der Waals surface area contributed by atoms with Gasteiger partial charge in [0.1, 0.15) is 11.6 Å². The van der Waals surface area contributed by atoms with Crippen molar-refractivity contribution in [2.45, 2.75) is 39.0 Å². The van der Waals surface area contributed by atoms with Gasteiger partial charge in [-0.1, -0.05) is 13.0 Å². The molecule has 1 heterocycles. The van der Waals surface area contributed by atoms with Crippen LogP contribution in [0, 0.1) is 5.82 Å². The summed E-state index contributed by atoms with van der Waals surface area (Å²) in [6.07, 6.45) is 2.76. The monoisotopic (exact) mass is 263 g/mol. The van der Waals surface area contributed by atoms with Gasteiger partial charge in [0.05, 0.1) is 0 Å². The predicted molar refractivity (Wildman–Crippen MR) is 71.6 cm³/mol. The van der Waals surface area contributed by atoms with Gasteiger partial charge in [-0.2, -0.15) is 0 Å². The first-order valence-electron chi connectivity index (χ1n) is 6.72. The Morgan fingerprint density at radius 3 is 2.89 bits per heavy atom. The van der Waals surface area contributed by atoms with E-state index in [-0.39, 0.29) is 17.5 Å². The van der Waals surface area contributed by atoms with E-state index in [2.05, 4.69) is 0 Å². The van der Waals surface area contributed by atoms with Gasteiger partial charge in [-0.25, -0.2) is 4.39 Å². The number of carbonyl (C=O) groups excluding carboxylic acids is 2. The summed E-state index contributed by atoms with van der Waals surface area (Å²) < 4.78 is 13.3. The van der Waals surface area contributed by atoms with Crippen LogP contribution in [0.2, 0.25) is 0 Å². The molecule has 1 aromatic carbocycles. The molecule has 0 aromatic heterocycles. The zero-order valence-electron chi connectivity index (χ0n) is 11.1. The van der Waals surface area contributed by atoms with Crippen LogP contribution in [-0.4, -0.2) is 18.2 Å². The summed E-state index contributed by atoms with van der Waals surface area (Å²) in [5.74, 6) is -0.117. The Labute approximate surface area is 112 Å². The number of hydrogen-bond donors (Lipinski definition) is 0. The van der Waals surface area contributed by atoms with Crippen molar-refractivity contribution >= 4 is 17.4 Å². The molecule has 0 aliphatic carbocycles. The minimum absolute atomic E-state index is 0.0158. The molecule has 0 atom stereocenters. The lowest BCUT2D eigenvalue weighted by molar-refractivity contribution is -0.120. The van der Waals surface area contributed by atoms with E-state index in [4.69, 9.17) is 0 Å². The summed E-state index contributed by atoms with van der Waals surface area (Å²) in [5, 5.41) is 0. The van der Waals surface area contributed by atoms with Crippen LogP contribution >= 0.6 is 0 Å². The number of aryl methyl sites for hydroxylation is 1. The molecule has 1 aliphatic rings. The molecular weight excluding hydrogens is 245 g/mol. The number of Topliss-reactive ketones (excluding diaryl/α,β-unsaturated/α-hetero) is 1. The highest BCUT2D eigenvalue weighted by atomic mass is 19.1. The van der Waals surface area contributed by atoms with Crippen LogP contribution in [0.3, 0.4) is 0 Å². The topological polar surface area (TPSA) is 37.4 Å². The molecule has 0 unspecified atom stereocenters. The van der Waals surface area contributed by atoms with Gasteiger partial charge in [0.15, 0.2) is 0 Å². The molecule has 3 nitrogen and oxygen atoms in total. The third-order valence-corrected chi connectivity index (χ3v) is 3.48. The van der Waals surface area contributed by atoms with Gasteiger partial charge in [0, 0.05) is 31.5 Å². The molecule has 4 heteroatoms. The highest BCUT2D eigenvalue weighted by Crippen LogP contribution is 2.28. The van der Waals surface area contributed by atoms with Crippen molar-refractivity contribution in [1.29, 1.82) is 0 Å². The van der Waals surface area contributed by atoms with Gasteiger partial charge in [0.25, 0.3) is 0 Å². The Bertz CT molecular complexity index is 499. The number of halogens is 1. The minimum atomic E-state index is -0.330. The van der Waals surface area contributed by atoms with Crippen molar-refractivity contribution in [3.8, 4) is 0 Å². The Hall–Kier alpha value is -1.71.